The normalized spacial score (nSPS) is 13.8. The summed E-state index contributed by atoms with van der Waals surface area (Å²) in [5.41, 5.74) is 1.25. The van der Waals surface area contributed by atoms with Crippen LogP contribution in [0.4, 0.5) is 0 Å². The van der Waals surface area contributed by atoms with Crippen LogP contribution in [0.1, 0.15) is 25.8 Å². The number of benzene rings is 1. The Hall–Kier alpha value is -1.26. The van der Waals surface area contributed by atoms with Crippen LogP contribution in [0.2, 0.25) is 0 Å². The highest BCUT2D eigenvalue weighted by molar-refractivity contribution is 5.43. The summed E-state index contributed by atoms with van der Waals surface area (Å²) in [7, 11) is 0. The zero-order valence-corrected chi connectivity index (χ0v) is 12.7. The second-order valence-electron chi connectivity index (χ2n) is 5.04. The first-order chi connectivity index (χ1) is 9.83. The van der Waals surface area contributed by atoms with Gasteiger partial charge in [0.2, 0.25) is 0 Å². The van der Waals surface area contributed by atoms with Gasteiger partial charge in [-0.3, -0.25) is 0 Å². The minimum atomic E-state index is 0.647. The molecule has 0 unspecified atom stereocenters. The van der Waals surface area contributed by atoms with Crippen molar-refractivity contribution in [3.8, 4) is 11.5 Å². The molecule has 1 N–H and O–H groups in total. The van der Waals surface area contributed by atoms with Gasteiger partial charge in [-0.05, 0) is 50.3 Å². The van der Waals surface area contributed by atoms with Gasteiger partial charge in [-0.25, -0.2) is 0 Å². The molecule has 0 saturated heterocycles. The summed E-state index contributed by atoms with van der Waals surface area (Å²) in [5, 5.41) is 3.49. The Morgan fingerprint density at radius 3 is 2.60 bits per heavy atom. The van der Waals surface area contributed by atoms with E-state index in [0.29, 0.717) is 13.2 Å². The molecule has 0 saturated carbocycles. The maximum absolute atomic E-state index is 5.59. The molecule has 2 rings (SSSR count). The van der Waals surface area contributed by atoms with Crippen LogP contribution >= 0.6 is 0 Å². The van der Waals surface area contributed by atoms with Crippen molar-refractivity contribution >= 4 is 0 Å². The first-order valence-electron chi connectivity index (χ1n) is 7.65. The zero-order valence-electron chi connectivity index (χ0n) is 12.7. The third kappa shape index (κ3) is 4.39. The molecule has 20 heavy (non-hydrogen) atoms. The number of nitrogens with zero attached hydrogens (tertiary/aromatic N) is 1. The lowest BCUT2D eigenvalue weighted by Crippen LogP contribution is -2.27. The number of fused-ring (bicyclic) bond motifs is 1. The number of hydrogen-bond acceptors (Lipinski definition) is 4. The fourth-order valence-corrected chi connectivity index (χ4v) is 2.40. The number of hydrogen-bond donors (Lipinski definition) is 1. The van der Waals surface area contributed by atoms with Crippen LogP contribution in [0.3, 0.4) is 0 Å². The Bertz CT molecular complexity index is 405. The third-order valence-corrected chi connectivity index (χ3v) is 3.66. The van der Waals surface area contributed by atoms with Gasteiger partial charge in [-0.2, -0.15) is 0 Å². The van der Waals surface area contributed by atoms with E-state index in [9.17, 15) is 0 Å². The van der Waals surface area contributed by atoms with E-state index in [1.54, 1.807) is 0 Å². The van der Waals surface area contributed by atoms with Crippen molar-refractivity contribution in [1.82, 2.24) is 10.2 Å². The molecule has 0 radical (unpaired) electrons. The van der Waals surface area contributed by atoms with Gasteiger partial charge in [0, 0.05) is 6.54 Å². The Morgan fingerprint density at radius 2 is 1.85 bits per heavy atom. The van der Waals surface area contributed by atoms with E-state index in [-0.39, 0.29) is 0 Å². The van der Waals surface area contributed by atoms with Crippen molar-refractivity contribution in [2.24, 2.45) is 0 Å². The fraction of sp³-hybridized carbons (Fsp3) is 0.625. The molecule has 0 aromatic heterocycles. The molecule has 112 valence electrons. The monoisotopic (exact) mass is 278 g/mol. The molecule has 0 fully saturated rings. The lowest BCUT2D eigenvalue weighted by Gasteiger charge is -2.19. The van der Waals surface area contributed by atoms with E-state index >= 15 is 0 Å². The van der Waals surface area contributed by atoms with Crippen LogP contribution in [0, 0.1) is 0 Å². The van der Waals surface area contributed by atoms with E-state index in [4.69, 9.17) is 9.47 Å². The van der Waals surface area contributed by atoms with E-state index in [2.05, 4.69) is 36.2 Å². The summed E-state index contributed by atoms with van der Waals surface area (Å²) >= 11 is 0. The molecule has 0 aliphatic carbocycles. The predicted molar refractivity (Wildman–Crippen MR) is 81.5 cm³/mol. The van der Waals surface area contributed by atoms with Crippen molar-refractivity contribution in [3.63, 3.8) is 0 Å². The molecule has 1 aliphatic heterocycles. The number of ether oxygens (including phenoxy) is 2. The van der Waals surface area contributed by atoms with Crippen LogP contribution < -0.4 is 14.8 Å². The average Bonchev–Trinajstić information content (AvgIpc) is 2.51. The first-order valence-corrected chi connectivity index (χ1v) is 7.65. The molecule has 4 heteroatoms. The van der Waals surface area contributed by atoms with E-state index in [1.165, 1.54) is 18.5 Å². The molecule has 1 aliphatic rings. The lowest BCUT2D eigenvalue weighted by molar-refractivity contribution is 0.171. The zero-order chi connectivity index (χ0) is 14.2. The topological polar surface area (TPSA) is 33.7 Å². The number of nitrogens with one attached hydrogen (secondary N) is 1. The van der Waals surface area contributed by atoms with E-state index in [1.807, 2.05) is 6.07 Å². The Balaban J connectivity index is 1.69. The van der Waals surface area contributed by atoms with E-state index < -0.39 is 0 Å². The van der Waals surface area contributed by atoms with Crippen LogP contribution in [0.5, 0.6) is 11.5 Å². The van der Waals surface area contributed by atoms with Crippen LogP contribution in [0.25, 0.3) is 0 Å². The van der Waals surface area contributed by atoms with Crippen LogP contribution in [0.15, 0.2) is 18.2 Å². The molecule has 0 spiro atoms. The van der Waals surface area contributed by atoms with Crippen molar-refractivity contribution in [3.05, 3.63) is 23.8 Å². The summed E-state index contributed by atoms with van der Waals surface area (Å²) in [6.07, 6.45) is 1.19. The Kier molecular flexibility index (Phi) is 6.15. The molecule has 1 heterocycles. The maximum atomic E-state index is 5.59. The Labute approximate surface area is 122 Å². The largest absolute Gasteiger partial charge is 0.486 e. The van der Waals surface area contributed by atoms with Crippen molar-refractivity contribution in [1.29, 1.82) is 0 Å². The smallest absolute Gasteiger partial charge is 0.161 e. The quantitative estimate of drug-likeness (QED) is 0.740. The minimum Gasteiger partial charge on any atom is -0.486 e. The summed E-state index contributed by atoms with van der Waals surface area (Å²) in [6.45, 7) is 11.1. The van der Waals surface area contributed by atoms with Gasteiger partial charge in [0.15, 0.2) is 11.5 Å². The molecule has 1 aromatic carbocycles. The molecular formula is C16H26N2O2. The summed E-state index contributed by atoms with van der Waals surface area (Å²) in [5.74, 6) is 1.74. The molecular weight excluding hydrogens is 252 g/mol. The van der Waals surface area contributed by atoms with Gasteiger partial charge in [-0.1, -0.05) is 19.9 Å². The van der Waals surface area contributed by atoms with Gasteiger partial charge in [-0.15, -0.1) is 0 Å². The molecule has 0 atom stereocenters. The van der Waals surface area contributed by atoms with Crippen molar-refractivity contribution in [2.75, 3.05) is 39.4 Å². The first kappa shape index (κ1) is 15.1. The molecule has 4 nitrogen and oxygen atoms in total. The fourth-order valence-electron chi connectivity index (χ4n) is 2.40. The number of rotatable bonds is 8. The minimum absolute atomic E-state index is 0.647. The van der Waals surface area contributed by atoms with Crippen LogP contribution in [-0.4, -0.2) is 44.3 Å². The standard InChI is InChI=1S/C16H26N2O2/c1-3-18(4-2)9-5-8-17-13-14-6-7-15-16(12-14)20-11-10-19-15/h6-7,12,17H,3-5,8-11,13H2,1-2H3. The lowest BCUT2D eigenvalue weighted by atomic mass is 10.2. The summed E-state index contributed by atoms with van der Waals surface area (Å²) in [4.78, 5) is 2.45. The molecule has 1 aromatic rings. The van der Waals surface area contributed by atoms with Crippen molar-refractivity contribution in [2.45, 2.75) is 26.8 Å². The van der Waals surface area contributed by atoms with Crippen LogP contribution in [-0.2, 0) is 6.54 Å². The van der Waals surface area contributed by atoms with Gasteiger partial charge in [0.1, 0.15) is 13.2 Å². The SMILES string of the molecule is CCN(CC)CCCNCc1ccc2c(c1)OCCO2. The van der Waals surface area contributed by atoms with Gasteiger partial charge in [0.05, 0.1) is 0 Å². The average molecular weight is 278 g/mol. The highest BCUT2D eigenvalue weighted by atomic mass is 16.6. The Morgan fingerprint density at radius 1 is 1.10 bits per heavy atom. The van der Waals surface area contributed by atoms with Gasteiger partial charge < -0.3 is 19.7 Å². The summed E-state index contributed by atoms with van der Waals surface area (Å²) < 4.78 is 11.1. The third-order valence-electron chi connectivity index (χ3n) is 3.66. The predicted octanol–water partition coefficient (Wildman–Crippen LogP) is 2.28. The highest BCUT2D eigenvalue weighted by Crippen LogP contribution is 2.30. The van der Waals surface area contributed by atoms with E-state index in [0.717, 1.165) is 37.7 Å². The van der Waals surface area contributed by atoms with Crippen molar-refractivity contribution < 1.29 is 9.47 Å². The summed E-state index contributed by atoms with van der Waals surface area (Å²) in [6, 6.07) is 6.18. The second-order valence-corrected chi connectivity index (χ2v) is 5.04. The second kappa shape index (κ2) is 8.12. The van der Waals surface area contributed by atoms with Gasteiger partial charge in [0.25, 0.3) is 0 Å². The maximum Gasteiger partial charge on any atom is 0.161 e. The van der Waals surface area contributed by atoms with Gasteiger partial charge >= 0.3 is 0 Å². The molecule has 0 amide bonds. The highest BCUT2D eigenvalue weighted by Gasteiger charge is 2.11. The molecule has 0 bridgehead atoms.